The molecule has 4 nitrogen and oxygen atoms in total. The van der Waals surface area contributed by atoms with Crippen LogP contribution in [-0.2, 0) is 0 Å². The first-order chi connectivity index (χ1) is 8.06. The molecule has 88 valence electrons. The van der Waals surface area contributed by atoms with Crippen LogP contribution in [0.4, 0.5) is 11.5 Å². The molecule has 0 aliphatic heterocycles. The maximum absolute atomic E-state index is 11.8. The standard InChI is InChI=1S/C10H7Cl2N3OS/c11-7-3-6(9(12)17-7)10(16)15-8-2-1-5(13)4-14-8/h1-4H,13H2,(H,14,15,16). The van der Waals surface area contributed by atoms with Crippen LogP contribution in [0.3, 0.4) is 0 Å². The minimum absolute atomic E-state index is 0.334. The molecule has 0 saturated carbocycles. The zero-order chi connectivity index (χ0) is 12.4. The summed E-state index contributed by atoms with van der Waals surface area (Å²) in [7, 11) is 0. The molecule has 0 bridgehead atoms. The Morgan fingerprint density at radius 2 is 2.18 bits per heavy atom. The molecular weight excluding hydrogens is 281 g/mol. The van der Waals surface area contributed by atoms with Crippen molar-refractivity contribution in [3.63, 3.8) is 0 Å². The normalized spacial score (nSPS) is 10.2. The summed E-state index contributed by atoms with van der Waals surface area (Å²) in [5, 5.41) is 2.60. The molecule has 0 spiro atoms. The van der Waals surface area contributed by atoms with Gasteiger partial charge >= 0.3 is 0 Å². The monoisotopic (exact) mass is 287 g/mol. The second-order valence-electron chi connectivity index (χ2n) is 3.17. The fourth-order valence-electron chi connectivity index (χ4n) is 1.16. The van der Waals surface area contributed by atoms with Crippen molar-refractivity contribution in [3.05, 3.63) is 38.6 Å². The van der Waals surface area contributed by atoms with Crippen LogP contribution in [0.5, 0.6) is 0 Å². The molecule has 0 fully saturated rings. The van der Waals surface area contributed by atoms with Crippen molar-refractivity contribution < 1.29 is 4.79 Å². The highest BCUT2D eigenvalue weighted by Gasteiger charge is 2.14. The van der Waals surface area contributed by atoms with E-state index < -0.39 is 0 Å². The third-order valence-electron chi connectivity index (χ3n) is 1.93. The number of halogens is 2. The van der Waals surface area contributed by atoms with Crippen LogP contribution in [0.2, 0.25) is 8.67 Å². The topological polar surface area (TPSA) is 68.0 Å². The van der Waals surface area contributed by atoms with Crippen LogP contribution in [0.25, 0.3) is 0 Å². The van der Waals surface area contributed by atoms with Gasteiger partial charge in [0.25, 0.3) is 5.91 Å². The number of hydrogen-bond donors (Lipinski definition) is 2. The third-order valence-corrected chi connectivity index (χ3v) is 3.42. The van der Waals surface area contributed by atoms with Crippen molar-refractivity contribution in [2.75, 3.05) is 11.1 Å². The highest BCUT2D eigenvalue weighted by Crippen LogP contribution is 2.31. The number of rotatable bonds is 2. The number of amides is 1. The van der Waals surface area contributed by atoms with Gasteiger partial charge < -0.3 is 11.1 Å². The molecule has 0 saturated heterocycles. The van der Waals surface area contributed by atoms with Crippen LogP contribution < -0.4 is 11.1 Å². The SMILES string of the molecule is Nc1ccc(NC(=O)c2cc(Cl)sc2Cl)nc1. The molecule has 0 aliphatic carbocycles. The second-order valence-corrected chi connectivity index (χ2v) is 5.45. The van der Waals surface area contributed by atoms with Gasteiger partial charge in [-0.05, 0) is 18.2 Å². The van der Waals surface area contributed by atoms with Gasteiger partial charge in [0.1, 0.15) is 10.2 Å². The zero-order valence-electron chi connectivity index (χ0n) is 8.41. The van der Waals surface area contributed by atoms with Crippen molar-refractivity contribution >= 4 is 52.0 Å². The van der Waals surface area contributed by atoms with E-state index >= 15 is 0 Å². The van der Waals surface area contributed by atoms with E-state index in [4.69, 9.17) is 28.9 Å². The maximum atomic E-state index is 11.8. The minimum atomic E-state index is -0.351. The van der Waals surface area contributed by atoms with Gasteiger partial charge in [0.05, 0.1) is 21.8 Å². The molecule has 7 heteroatoms. The van der Waals surface area contributed by atoms with Gasteiger partial charge in [-0.1, -0.05) is 23.2 Å². The van der Waals surface area contributed by atoms with E-state index in [-0.39, 0.29) is 5.91 Å². The predicted octanol–water partition coefficient (Wildman–Crippen LogP) is 3.28. The Balaban J connectivity index is 2.17. The molecule has 0 atom stereocenters. The molecule has 2 heterocycles. The first-order valence-corrected chi connectivity index (χ1v) is 6.11. The summed E-state index contributed by atoms with van der Waals surface area (Å²) in [4.78, 5) is 15.8. The van der Waals surface area contributed by atoms with E-state index in [9.17, 15) is 4.79 Å². The van der Waals surface area contributed by atoms with Crippen molar-refractivity contribution in [3.8, 4) is 0 Å². The second kappa shape index (κ2) is 4.91. The molecule has 2 aromatic heterocycles. The number of aromatic nitrogens is 1. The lowest BCUT2D eigenvalue weighted by Gasteiger charge is -2.03. The van der Waals surface area contributed by atoms with Crippen LogP contribution in [0.1, 0.15) is 10.4 Å². The zero-order valence-corrected chi connectivity index (χ0v) is 10.7. The summed E-state index contributed by atoms with van der Waals surface area (Å²) in [6.45, 7) is 0. The molecule has 2 aromatic rings. The number of thiophene rings is 1. The number of pyridine rings is 1. The molecule has 0 aliphatic rings. The molecular formula is C10H7Cl2N3OS. The Labute approximate surface area is 111 Å². The van der Waals surface area contributed by atoms with Gasteiger partial charge in [-0.25, -0.2) is 4.98 Å². The number of anilines is 2. The van der Waals surface area contributed by atoms with E-state index in [1.165, 1.54) is 12.3 Å². The molecule has 3 N–H and O–H groups in total. The quantitative estimate of drug-likeness (QED) is 0.891. The fraction of sp³-hybridized carbons (Fsp3) is 0. The highest BCUT2D eigenvalue weighted by atomic mass is 35.5. The number of nitrogen functional groups attached to an aromatic ring is 1. The Morgan fingerprint density at radius 1 is 1.41 bits per heavy atom. The van der Waals surface area contributed by atoms with E-state index in [2.05, 4.69) is 10.3 Å². The summed E-state index contributed by atoms with van der Waals surface area (Å²) in [6.07, 6.45) is 1.46. The van der Waals surface area contributed by atoms with Gasteiger partial charge in [0, 0.05) is 0 Å². The van der Waals surface area contributed by atoms with Crippen LogP contribution in [0, 0.1) is 0 Å². The van der Waals surface area contributed by atoms with Crippen LogP contribution in [-0.4, -0.2) is 10.9 Å². The average molecular weight is 288 g/mol. The maximum Gasteiger partial charge on any atom is 0.259 e. The lowest BCUT2D eigenvalue weighted by atomic mass is 10.3. The van der Waals surface area contributed by atoms with Gasteiger partial charge in [-0.3, -0.25) is 4.79 Å². The first-order valence-electron chi connectivity index (χ1n) is 4.54. The Kier molecular flexibility index (Phi) is 3.51. The predicted molar refractivity (Wildman–Crippen MR) is 70.9 cm³/mol. The minimum Gasteiger partial charge on any atom is -0.397 e. The Bertz CT molecular complexity index is 553. The van der Waals surface area contributed by atoms with Crippen molar-refractivity contribution in [1.29, 1.82) is 0 Å². The van der Waals surface area contributed by atoms with Crippen molar-refractivity contribution in [2.24, 2.45) is 0 Å². The average Bonchev–Trinajstić information content (AvgIpc) is 2.61. The number of nitrogens with zero attached hydrogens (tertiary/aromatic N) is 1. The summed E-state index contributed by atoms with van der Waals surface area (Å²) < 4.78 is 0.813. The lowest BCUT2D eigenvalue weighted by Crippen LogP contribution is -2.12. The van der Waals surface area contributed by atoms with E-state index in [1.54, 1.807) is 12.1 Å². The molecule has 2 rings (SSSR count). The molecule has 1 amide bonds. The summed E-state index contributed by atoms with van der Waals surface area (Å²) in [5.41, 5.74) is 6.34. The summed E-state index contributed by atoms with van der Waals surface area (Å²) in [5.74, 6) is 0.0537. The Hall–Kier alpha value is -1.30. The highest BCUT2D eigenvalue weighted by molar-refractivity contribution is 7.20. The van der Waals surface area contributed by atoms with E-state index in [0.717, 1.165) is 11.3 Å². The number of carbonyl (C=O) groups excluding carboxylic acids is 1. The van der Waals surface area contributed by atoms with Crippen molar-refractivity contribution in [1.82, 2.24) is 4.98 Å². The van der Waals surface area contributed by atoms with Crippen molar-refractivity contribution in [2.45, 2.75) is 0 Å². The molecule has 0 unspecified atom stereocenters. The number of nitrogens with two attached hydrogens (primary N) is 1. The van der Waals surface area contributed by atoms with Crippen LogP contribution in [0.15, 0.2) is 24.4 Å². The van der Waals surface area contributed by atoms with Gasteiger partial charge in [0.15, 0.2) is 0 Å². The molecule has 17 heavy (non-hydrogen) atoms. The van der Waals surface area contributed by atoms with Gasteiger partial charge in [-0.15, -0.1) is 11.3 Å². The van der Waals surface area contributed by atoms with E-state index in [0.29, 0.717) is 25.7 Å². The summed E-state index contributed by atoms with van der Waals surface area (Å²) >= 11 is 12.8. The van der Waals surface area contributed by atoms with E-state index in [1.807, 2.05) is 0 Å². The largest absolute Gasteiger partial charge is 0.397 e. The number of nitrogens with one attached hydrogen (secondary N) is 1. The number of carbonyl (C=O) groups is 1. The first kappa shape index (κ1) is 12.2. The van der Waals surface area contributed by atoms with Crippen LogP contribution >= 0.6 is 34.5 Å². The smallest absolute Gasteiger partial charge is 0.259 e. The Morgan fingerprint density at radius 3 is 2.71 bits per heavy atom. The third kappa shape index (κ3) is 2.88. The molecule has 0 radical (unpaired) electrons. The van der Waals surface area contributed by atoms with Gasteiger partial charge in [-0.2, -0.15) is 0 Å². The fourth-order valence-corrected chi connectivity index (χ4v) is 2.62. The molecule has 0 aromatic carbocycles. The van der Waals surface area contributed by atoms with Gasteiger partial charge in [0.2, 0.25) is 0 Å². The lowest BCUT2D eigenvalue weighted by molar-refractivity contribution is 0.102. The summed E-state index contributed by atoms with van der Waals surface area (Å²) in [6, 6.07) is 4.77. The number of hydrogen-bond acceptors (Lipinski definition) is 4.